The Balaban J connectivity index is 1.30. The van der Waals surface area contributed by atoms with Gasteiger partial charge in [-0.3, -0.25) is 9.59 Å². The first-order chi connectivity index (χ1) is 17.5. The van der Waals surface area contributed by atoms with E-state index in [1.165, 1.54) is 0 Å². The molecular weight excluding hydrogens is 452 g/mol. The van der Waals surface area contributed by atoms with E-state index in [-0.39, 0.29) is 29.7 Å². The third-order valence-corrected chi connectivity index (χ3v) is 7.32. The number of carbonyl (C=O) groups excluding carboxylic acids is 2. The molecule has 0 saturated carbocycles. The van der Waals surface area contributed by atoms with Gasteiger partial charge in [-0.15, -0.1) is 0 Å². The second-order valence-electron chi connectivity index (χ2n) is 9.66. The second-order valence-corrected chi connectivity index (χ2v) is 9.66. The lowest BCUT2D eigenvalue weighted by Gasteiger charge is -2.32. The van der Waals surface area contributed by atoms with Crippen LogP contribution >= 0.6 is 0 Å². The van der Waals surface area contributed by atoms with Gasteiger partial charge in [0, 0.05) is 30.4 Å². The Morgan fingerprint density at radius 3 is 2.33 bits per heavy atom. The van der Waals surface area contributed by atoms with E-state index in [1.807, 2.05) is 60.7 Å². The zero-order chi connectivity index (χ0) is 25.1. The molecule has 3 atom stereocenters. The summed E-state index contributed by atoms with van der Waals surface area (Å²) < 4.78 is 0. The Morgan fingerprint density at radius 1 is 1.00 bits per heavy atom. The number of benzene rings is 2. The van der Waals surface area contributed by atoms with Gasteiger partial charge in [0.25, 0.3) is 0 Å². The molecule has 0 bridgehead atoms. The minimum absolute atomic E-state index is 0.0233. The van der Waals surface area contributed by atoms with Crippen LogP contribution in [0.5, 0.6) is 0 Å². The number of nitrogens with zero attached hydrogens (tertiary/aromatic N) is 3. The monoisotopic (exact) mass is 484 g/mol. The molecule has 5 rings (SSSR count). The standard InChI is InChI=1S/C28H32N6O2/c29-25(24(18-8-3-1-4-9-18)19-10-5-2-6-11-19)27(36)34-15-7-12-23(34)26(35)32-21-13-14-22-20(16-21)17-31-28(30)33-22/h1-6,8-11,17,21,23-25H,7,12-16,29H2,(H,32,35)(H2,30,31,33)/t21?,23-,25+/m0/s1. The van der Waals surface area contributed by atoms with Gasteiger partial charge in [-0.25, -0.2) is 9.97 Å². The smallest absolute Gasteiger partial charge is 0.243 e. The predicted molar refractivity (Wildman–Crippen MR) is 138 cm³/mol. The number of likely N-dealkylation sites (tertiary alicyclic amines) is 1. The van der Waals surface area contributed by atoms with Crippen molar-refractivity contribution in [3.63, 3.8) is 0 Å². The predicted octanol–water partition coefficient (Wildman–Crippen LogP) is 2.18. The molecule has 8 heteroatoms. The Bertz CT molecular complexity index is 1180. The Labute approximate surface area is 211 Å². The molecule has 0 spiro atoms. The third-order valence-electron chi connectivity index (χ3n) is 7.32. The van der Waals surface area contributed by atoms with E-state index < -0.39 is 12.1 Å². The molecule has 0 radical (unpaired) electrons. The number of nitrogen functional groups attached to an aromatic ring is 1. The SMILES string of the molecule is Nc1ncc2c(n1)CCC(NC(=O)[C@@H]1CCCN1C(=O)[C@H](N)C(c1ccccc1)c1ccccc1)C2. The van der Waals surface area contributed by atoms with E-state index >= 15 is 0 Å². The zero-order valence-corrected chi connectivity index (χ0v) is 20.2. The number of anilines is 1. The summed E-state index contributed by atoms with van der Waals surface area (Å²) in [5.41, 5.74) is 16.3. The van der Waals surface area contributed by atoms with Crippen molar-refractivity contribution in [1.82, 2.24) is 20.2 Å². The number of nitrogens with two attached hydrogens (primary N) is 2. The molecule has 1 aliphatic carbocycles. The van der Waals surface area contributed by atoms with Crippen molar-refractivity contribution in [1.29, 1.82) is 0 Å². The Hall–Kier alpha value is -3.78. The molecule has 5 N–H and O–H groups in total. The number of hydrogen-bond donors (Lipinski definition) is 3. The quantitative estimate of drug-likeness (QED) is 0.492. The third kappa shape index (κ3) is 4.95. The van der Waals surface area contributed by atoms with Crippen LogP contribution < -0.4 is 16.8 Å². The van der Waals surface area contributed by atoms with Gasteiger partial charge in [0.2, 0.25) is 17.8 Å². The molecule has 1 aliphatic heterocycles. The molecule has 36 heavy (non-hydrogen) atoms. The fraction of sp³-hybridized carbons (Fsp3) is 0.357. The summed E-state index contributed by atoms with van der Waals surface area (Å²) in [6.45, 7) is 0.529. The maximum atomic E-state index is 13.7. The topological polar surface area (TPSA) is 127 Å². The highest BCUT2D eigenvalue weighted by Crippen LogP contribution is 2.30. The molecule has 3 aromatic rings. The minimum Gasteiger partial charge on any atom is -0.368 e. The van der Waals surface area contributed by atoms with Crippen molar-refractivity contribution < 1.29 is 9.59 Å². The van der Waals surface area contributed by atoms with E-state index in [1.54, 1.807) is 11.1 Å². The number of rotatable bonds is 6. The number of aromatic nitrogens is 2. The van der Waals surface area contributed by atoms with Crippen LogP contribution in [0.1, 0.15) is 47.6 Å². The fourth-order valence-electron chi connectivity index (χ4n) is 5.51. The molecule has 8 nitrogen and oxygen atoms in total. The van der Waals surface area contributed by atoms with Crippen molar-refractivity contribution in [2.24, 2.45) is 5.73 Å². The van der Waals surface area contributed by atoms with Gasteiger partial charge in [-0.1, -0.05) is 60.7 Å². The Morgan fingerprint density at radius 2 is 1.67 bits per heavy atom. The lowest BCUT2D eigenvalue weighted by molar-refractivity contribution is -0.140. The number of nitrogens with one attached hydrogen (secondary N) is 1. The largest absolute Gasteiger partial charge is 0.368 e. The summed E-state index contributed by atoms with van der Waals surface area (Å²) >= 11 is 0. The van der Waals surface area contributed by atoms with Gasteiger partial charge in [-0.05, 0) is 48.8 Å². The van der Waals surface area contributed by atoms with Crippen LogP contribution in [0.4, 0.5) is 5.95 Å². The van der Waals surface area contributed by atoms with Crippen LogP contribution in [0.25, 0.3) is 0 Å². The van der Waals surface area contributed by atoms with Crippen LogP contribution in [-0.2, 0) is 22.4 Å². The molecule has 186 valence electrons. The molecule has 1 aromatic heterocycles. The molecule has 1 saturated heterocycles. The Kier molecular flexibility index (Phi) is 6.95. The molecule has 1 fully saturated rings. The molecule has 1 unspecified atom stereocenters. The van der Waals surface area contributed by atoms with Crippen molar-refractivity contribution in [3.05, 3.63) is 89.2 Å². The number of aryl methyl sites for hydroxylation is 1. The summed E-state index contributed by atoms with van der Waals surface area (Å²) in [6.07, 6.45) is 5.33. The van der Waals surface area contributed by atoms with Crippen LogP contribution in [0.3, 0.4) is 0 Å². The van der Waals surface area contributed by atoms with Gasteiger partial charge >= 0.3 is 0 Å². The summed E-state index contributed by atoms with van der Waals surface area (Å²) in [4.78, 5) is 37.1. The van der Waals surface area contributed by atoms with Gasteiger partial charge < -0.3 is 21.7 Å². The van der Waals surface area contributed by atoms with Crippen molar-refractivity contribution >= 4 is 17.8 Å². The van der Waals surface area contributed by atoms with E-state index in [9.17, 15) is 9.59 Å². The lowest BCUT2D eigenvalue weighted by atomic mass is 9.84. The molecule has 2 aliphatic rings. The van der Waals surface area contributed by atoms with Crippen molar-refractivity contribution in [2.75, 3.05) is 12.3 Å². The molecular formula is C28H32N6O2. The number of hydrogen-bond acceptors (Lipinski definition) is 6. The number of carbonyl (C=O) groups is 2. The first-order valence-electron chi connectivity index (χ1n) is 12.6. The van der Waals surface area contributed by atoms with Crippen molar-refractivity contribution in [2.45, 2.75) is 56.1 Å². The molecule has 2 heterocycles. The van der Waals surface area contributed by atoms with Crippen LogP contribution in [0, 0.1) is 0 Å². The molecule has 2 amide bonds. The zero-order valence-electron chi connectivity index (χ0n) is 20.2. The highest BCUT2D eigenvalue weighted by atomic mass is 16.2. The minimum atomic E-state index is -0.799. The van der Waals surface area contributed by atoms with Crippen LogP contribution in [0.2, 0.25) is 0 Å². The van der Waals surface area contributed by atoms with Crippen LogP contribution in [0.15, 0.2) is 66.9 Å². The van der Waals surface area contributed by atoms with E-state index in [2.05, 4.69) is 15.3 Å². The highest BCUT2D eigenvalue weighted by Gasteiger charge is 2.39. The summed E-state index contributed by atoms with van der Waals surface area (Å²) in [7, 11) is 0. The first kappa shape index (κ1) is 23.9. The summed E-state index contributed by atoms with van der Waals surface area (Å²) in [5, 5.41) is 3.17. The second kappa shape index (κ2) is 10.5. The average molecular weight is 485 g/mol. The highest BCUT2D eigenvalue weighted by molar-refractivity contribution is 5.91. The average Bonchev–Trinajstić information content (AvgIpc) is 3.40. The maximum Gasteiger partial charge on any atom is 0.243 e. The van der Waals surface area contributed by atoms with Gasteiger partial charge in [0.1, 0.15) is 6.04 Å². The number of fused-ring (bicyclic) bond motifs is 1. The van der Waals surface area contributed by atoms with E-state index in [4.69, 9.17) is 11.5 Å². The fourth-order valence-corrected chi connectivity index (χ4v) is 5.51. The summed E-state index contributed by atoms with van der Waals surface area (Å²) in [6, 6.07) is 18.4. The number of amides is 2. The normalized spacial score (nSPS) is 20.1. The lowest BCUT2D eigenvalue weighted by Crippen LogP contribution is -2.54. The van der Waals surface area contributed by atoms with Gasteiger partial charge in [-0.2, -0.15) is 0 Å². The summed E-state index contributed by atoms with van der Waals surface area (Å²) in [5.74, 6) is -0.333. The van der Waals surface area contributed by atoms with Crippen molar-refractivity contribution in [3.8, 4) is 0 Å². The van der Waals surface area contributed by atoms with E-state index in [0.717, 1.165) is 41.6 Å². The maximum absolute atomic E-state index is 13.7. The molecule has 2 aromatic carbocycles. The van der Waals surface area contributed by atoms with Gasteiger partial charge in [0.15, 0.2) is 0 Å². The van der Waals surface area contributed by atoms with Crippen LogP contribution in [-0.4, -0.2) is 51.4 Å². The van der Waals surface area contributed by atoms with E-state index in [0.29, 0.717) is 19.4 Å². The first-order valence-corrected chi connectivity index (χ1v) is 12.6. The van der Waals surface area contributed by atoms with Gasteiger partial charge in [0.05, 0.1) is 6.04 Å².